The van der Waals surface area contributed by atoms with Crippen LogP contribution in [0.3, 0.4) is 0 Å². The Balaban J connectivity index is 1.19. The van der Waals surface area contributed by atoms with Gasteiger partial charge in [-0.15, -0.1) is 5.26 Å². The number of likely N-dealkylation sites (tertiary alicyclic amines) is 1. The van der Waals surface area contributed by atoms with E-state index in [2.05, 4.69) is 16.9 Å². The summed E-state index contributed by atoms with van der Waals surface area (Å²) in [6.45, 7) is 4.25. The van der Waals surface area contributed by atoms with Crippen molar-refractivity contribution in [2.75, 3.05) is 39.5 Å². The molecule has 0 radical (unpaired) electrons. The third-order valence-corrected chi connectivity index (χ3v) is 8.13. The highest BCUT2D eigenvalue weighted by Gasteiger charge is 2.37. The van der Waals surface area contributed by atoms with Crippen molar-refractivity contribution in [2.24, 2.45) is 5.92 Å². The van der Waals surface area contributed by atoms with Crippen LogP contribution in [0.4, 0.5) is 0 Å². The largest absolute Gasteiger partial charge is 0.494 e. The Labute approximate surface area is 265 Å². The molecule has 1 heterocycles. The number of ether oxygens (including phenoxy) is 5. The second-order valence-corrected chi connectivity index (χ2v) is 11.5. The van der Waals surface area contributed by atoms with Gasteiger partial charge in [0.1, 0.15) is 11.5 Å². The quantitative estimate of drug-likeness (QED) is 0.130. The maximum Gasteiger partial charge on any atom is 0.338 e. The van der Waals surface area contributed by atoms with Crippen LogP contribution in [0.1, 0.15) is 79.8 Å². The molecule has 1 saturated heterocycles. The van der Waals surface area contributed by atoms with Gasteiger partial charge in [0.2, 0.25) is 5.91 Å². The lowest BCUT2D eigenvalue weighted by molar-refractivity contribution is -0.152. The summed E-state index contributed by atoms with van der Waals surface area (Å²) in [7, 11) is 0. The van der Waals surface area contributed by atoms with Crippen molar-refractivity contribution in [1.29, 1.82) is 5.26 Å². The highest BCUT2D eigenvalue weighted by atomic mass is 16.5. The number of benzene rings is 2. The Morgan fingerprint density at radius 1 is 0.911 bits per heavy atom. The number of amides is 1. The molecule has 0 N–H and O–H groups in total. The lowest BCUT2D eigenvalue weighted by Crippen LogP contribution is -2.53. The number of hydrogen-bond donors (Lipinski definition) is 0. The Hall–Kier alpha value is -4.10. The molecule has 0 spiro atoms. The standard InChI is InChI=1S/C35H44N2O8/c1-2-41-34(39)27-14-17-32(28(21-27)22-33(38)37-23-29(24-37)35(40)45-25-36)44-20-8-9-26-12-15-31(16-13-26)43-19-7-6-18-42-30-10-4-3-5-11-30/h12-17,21,29-30H,2-11,18-20,22-24H2,1H3. The summed E-state index contributed by atoms with van der Waals surface area (Å²) in [5.41, 5.74) is 2.07. The molecular formula is C35H44N2O8. The fraction of sp³-hybridized carbons (Fsp3) is 0.543. The molecule has 10 heteroatoms. The van der Waals surface area contributed by atoms with Crippen LogP contribution in [-0.2, 0) is 36.6 Å². The number of rotatable bonds is 17. The van der Waals surface area contributed by atoms with Crippen molar-refractivity contribution in [1.82, 2.24) is 4.90 Å². The average Bonchev–Trinajstić information content (AvgIpc) is 3.02. The summed E-state index contributed by atoms with van der Waals surface area (Å²) in [5.74, 6) is -0.455. The van der Waals surface area contributed by atoms with E-state index in [4.69, 9.17) is 24.2 Å². The minimum Gasteiger partial charge on any atom is -0.494 e. The smallest absolute Gasteiger partial charge is 0.338 e. The minimum absolute atomic E-state index is 0.00238. The first-order chi connectivity index (χ1) is 22.0. The van der Waals surface area contributed by atoms with Crippen molar-refractivity contribution in [3.8, 4) is 17.8 Å². The number of nitriles is 1. The van der Waals surface area contributed by atoms with Gasteiger partial charge in [0.25, 0.3) is 6.26 Å². The topological polar surface area (TPSA) is 124 Å². The predicted octanol–water partition coefficient (Wildman–Crippen LogP) is 5.41. The molecule has 1 aliphatic carbocycles. The number of carbonyl (C=O) groups excluding carboxylic acids is 3. The number of unbranched alkanes of at least 4 members (excludes halogenated alkanes) is 1. The monoisotopic (exact) mass is 620 g/mol. The predicted molar refractivity (Wildman–Crippen MR) is 166 cm³/mol. The molecule has 4 rings (SSSR count). The lowest BCUT2D eigenvalue weighted by Gasteiger charge is -2.37. The van der Waals surface area contributed by atoms with E-state index in [9.17, 15) is 14.4 Å². The molecule has 0 unspecified atom stereocenters. The van der Waals surface area contributed by atoms with Gasteiger partial charge < -0.3 is 28.6 Å². The molecule has 2 fully saturated rings. The Morgan fingerprint density at radius 2 is 1.64 bits per heavy atom. The van der Waals surface area contributed by atoms with E-state index >= 15 is 0 Å². The van der Waals surface area contributed by atoms with Gasteiger partial charge in [-0.2, -0.15) is 0 Å². The summed E-state index contributed by atoms with van der Waals surface area (Å²) in [4.78, 5) is 38.5. The molecule has 0 aromatic heterocycles. The molecule has 0 atom stereocenters. The van der Waals surface area contributed by atoms with Crippen LogP contribution < -0.4 is 9.47 Å². The third kappa shape index (κ3) is 10.8. The van der Waals surface area contributed by atoms with Gasteiger partial charge in [-0.25, -0.2) is 4.79 Å². The van der Waals surface area contributed by atoms with Gasteiger partial charge >= 0.3 is 11.9 Å². The van der Waals surface area contributed by atoms with Gasteiger partial charge in [-0.1, -0.05) is 31.4 Å². The molecule has 2 aromatic rings. The average molecular weight is 621 g/mol. The SMILES string of the molecule is CCOC(=O)c1ccc(OCCCc2ccc(OCCCCOC3CCCCC3)cc2)c(CC(=O)N2CC(C(=O)OC#N)C2)c1. The molecular weight excluding hydrogens is 576 g/mol. The second-order valence-electron chi connectivity index (χ2n) is 11.5. The van der Waals surface area contributed by atoms with Crippen molar-refractivity contribution in [3.63, 3.8) is 0 Å². The van der Waals surface area contributed by atoms with Crippen LogP contribution in [0, 0.1) is 17.4 Å². The van der Waals surface area contributed by atoms with E-state index in [0.29, 0.717) is 36.2 Å². The van der Waals surface area contributed by atoms with Gasteiger partial charge in [0, 0.05) is 25.3 Å². The second kappa shape index (κ2) is 18.0. The van der Waals surface area contributed by atoms with Crippen LogP contribution in [0.25, 0.3) is 0 Å². The van der Waals surface area contributed by atoms with E-state index in [1.54, 1.807) is 25.1 Å². The molecule has 1 amide bonds. The zero-order valence-corrected chi connectivity index (χ0v) is 26.2. The first kappa shape index (κ1) is 33.8. The third-order valence-electron chi connectivity index (χ3n) is 8.13. The molecule has 45 heavy (non-hydrogen) atoms. The lowest BCUT2D eigenvalue weighted by atomic mass is 9.98. The fourth-order valence-electron chi connectivity index (χ4n) is 5.52. The normalized spacial score (nSPS) is 15.1. The van der Waals surface area contributed by atoms with Crippen molar-refractivity contribution < 1.29 is 38.1 Å². The number of nitrogens with zero attached hydrogens (tertiary/aromatic N) is 2. The van der Waals surface area contributed by atoms with E-state index in [1.807, 2.05) is 12.1 Å². The molecule has 0 bridgehead atoms. The molecule has 2 aliphatic rings. The highest BCUT2D eigenvalue weighted by molar-refractivity contribution is 5.91. The van der Waals surface area contributed by atoms with Crippen molar-refractivity contribution in [3.05, 3.63) is 59.2 Å². The first-order valence-corrected chi connectivity index (χ1v) is 16.1. The highest BCUT2D eigenvalue weighted by Crippen LogP contribution is 2.25. The molecule has 10 nitrogen and oxygen atoms in total. The Kier molecular flexibility index (Phi) is 13.5. The molecule has 1 saturated carbocycles. The Morgan fingerprint density at radius 3 is 2.38 bits per heavy atom. The zero-order valence-electron chi connectivity index (χ0n) is 26.2. The van der Waals surface area contributed by atoms with Crippen LogP contribution in [0.5, 0.6) is 11.5 Å². The minimum atomic E-state index is -0.636. The van der Waals surface area contributed by atoms with Crippen LogP contribution in [0.15, 0.2) is 42.5 Å². The molecule has 2 aromatic carbocycles. The summed E-state index contributed by atoms with van der Waals surface area (Å²) in [5, 5.41) is 8.53. The number of aryl methyl sites for hydroxylation is 1. The van der Waals surface area contributed by atoms with E-state index in [-0.39, 0.29) is 32.0 Å². The van der Waals surface area contributed by atoms with Crippen LogP contribution >= 0.6 is 0 Å². The number of hydrogen-bond acceptors (Lipinski definition) is 9. The summed E-state index contributed by atoms with van der Waals surface area (Å²) < 4.78 is 27.4. The molecule has 1 aliphatic heterocycles. The van der Waals surface area contributed by atoms with E-state index in [1.165, 1.54) is 48.8 Å². The maximum absolute atomic E-state index is 12.9. The maximum atomic E-state index is 12.9. The van der Waals surface area contributed by atoms with Gasteiger partial charge in [0.15, 0.2) is 0 Å². The molecule has 242 valence electrons. The van der Waals surface area contributed by atoms with Crippen molar-refractivity contribution >= 4 is 17.8 Å². The van der Waals surface area contributed by atoms with E-state index in [0.717, 1.165) is 38.0 Å². The Bertz CT molecular complexity index is 1290. The fourth-order valence-corrected chi connectivity index (χ4v) is 5.52. The van der Waals surface area contributed by atoms with Gasteiger partial charge in [-0.05, 0) is 81.3 Å². The summed E-state index contributed by atoms with van der Waals surface area (Å²) in [6, 6.07) is 13.0. The summed E-state index contributed by atoms with van der Waals surface area (Å²) in [6.07, 6.45) is 11.7. The summed E-state index contributed by atoms with van der Waals surface area (Å²) >= 11 is 0. The number of esters is 2. The number of carbonyl (C=O) groups is 3. The van der Waals surface area contributed by atoms with Gasteiger partial charge in [-0.3, -0.25) is 9.59 Å². The van der Waals surface area contributed by atoms with Gasteiger partial charge in [0.05, 0.1) is 43.8 Å². The first-order valence-electron chi connectivity index (χ1n) is 16.1. The van der Waals surface area contributed by atoms with E-state index < -0.39 is 17.9 Å². The van der Waals surface area contributed by atoms with Crippen molar-refractivity contribution in [2.45, 2.75) is 77.2 Å². The van der Waals surface area contributed by atoms with Crippen LogP contribution in [-0.4, -0.2) is 68.4 Å². The van der Waals surface area contributed by atoms with Crippen LogP contribution in [0.2, 0.25) is 0 Å². The zero-order chi connectivity index (χ0) is 31.9.